The molecule has 2 heterocycles. The van der Waals surface area contributed by atoms with E-state index in [2.05, 4.69) is 15.2 Å². The van der Waals surface area contributed by atoms with Crippen LogP contribution in [0.5, 0.6) is 0 Å². The van der Waals surface area contributed by atoms with Crippen molar-refractivity contribution >= 4 is 11.6 Å². The van der Waals surface area contributed by atoms with Gasteiger partial charge in [0.25, 0.3) is 0 Å². The Morgan fingerprint density at radius 2 is 1.97 bits per heavy atom. The van der Waals surface area contributed by atoms with Gasteiger partial charge in [-0.1, -0.05) is 0 Å². The monoisotopic (exact) mass is 411 g/mol. The van der Waals surface area contributed by atoms with E-state index in [1.54, 1.807) is 12.3 Å². The van der Waals surface area contributed by atoms with Crippen molar-refractivity contribution in [2.45, 2.75) is 58.8 Å². The number of rotatable bonds is 6. The van der Waals surface area contributed by atoms with Crippen LogP contribution in [0, 0.1) is 18.7 Å². The minimum absolute atomic E-state index is 0.0359. The van der Waals surface area contributed by atoms with Crippen LogP contribution in [-0.4, -0.2) is 36.2 Å². The third-order valence-corrected chi connectivity index (χ3v) is 5.77. The lowest BCUT2D eigenvalue weighted by atomic mass is 9.97. The van der Waals surface area contributed by atoms with Gasteiger partial charge in [0, 0.05) is 49.2 Å². The van der Waals surface area contributed by atoms with E-state index in [-0.39, 0.29) is 23.9 Å². The van der Waals surface area contributed by atoms with Crippen molar-refractivity contribution in [2.24, 2.45) is 5.92 Å². The highest BCUT2D eigenvalue weighted by molar-refractivity contribution is 5.77. The van der Waals surface area contributed by atoms with Gasteiger partial charge in [-0.15, -0.1) is 0 Å². The first-order valence-electron chi connectivity index (χ1n) is 10.8. The highest BCUT2D eigenvalue weighted by Crippen LogP contribution is 2.34. The van der Waals surface area contributed by atoms with Crippen LogP contribution in [0.25, 0.3) is 11.1 Å². The van der Waals surface area contributed by atoms with Crippen molar-refractivity contribution < 1.29 is 13.9 Å². The molecule has 0 spiro atoms. The van der Waals surface area contributed by atoms with Gasteiger partial charge in [-0.05, 0) is 74.9 Å². The maximum absolute atomic E-state index is 15.4. The zero-order chi connectivity index (χ0) is 21.3. The SMILES string of the molecule is Cc1cc(-c2c(F)cc(N3CC(C)OC(C)C3)cc2CNC(=O)CC2CC2)ccn1. The fourth-order valence-corrected chi connectivity index (χ4v) is 4.23. The standard InChI is InChI=1S/C24H30FN3O2/c1-15-8-19(6-7-26-15)24-20(12-27-23(29)9-18-4-5-18)10-21(11-22(24)25)28-13-16(2)30-17(3)14-28/h6-8,10-11,16-18H,4-5,9,12-14H2,1-3H3,(H,27,29). The molecule has 1 N–H and O–H groups in total. The van der Waals surface area contributed by atoms with Crippen LogP contribution in [0.1, 0.15) is 44.4 Å². The number of anilines is 1. The van der Waals surface area contributed by atoms with E-state index in [1.165, 1.54) is 0 Å². The number of aryl methyl sites for hydroxylation is 1. The van der Waals surface area contributed by atoms with Gasteiger partial charge in [0.05, 0.1) is 12.2 Å². The molecule has 6 heteroatoms. The fraction of sp³-hybridized carbons (Fsp3) is 0.500. The predicted molar refractivity (Wildman–Crippen MR) is 116 cm³/mol. The van der Waals surface area contributed by atoms with Crippen LogP contribution < -0.4 is 10.2 Å². The second kappa shape index (κ2) is 8.72. The molecule has 2 aliphatic rings. The molecule has 2 atom stereocenters. The molecular weight excluding hydrogens is 381 g/mol. The van der Waals surface area contributed by atoms with Crippen molar-refractivity contribution in [1.29, 1.82) is 0 Å². The molecule has 5 nitrogen and oxygen atoms in total. The Hall–Kier alpha value is -2.47. The molecule has 2 aromatic rings. The largest absolute Gasteiger partial charge is 0.372 e. The van der Waals surface area contributed by atoms with Gasteiger partial charge >= 0.3 is 0 Å². The number of nitrogens with one attached hydrogen (secondary N) is 1. The van der Waals surface area contributed by atoms with Gasteiger partial charge in [-0.3, -0.25) is 9.78 Å². The molecule has 30 heavy (non-hydrogen) atoms. The first-order chi connectivity index (χ1) is 14.4. The van der Waals surface area contributed by atoms with Gasteiger partial charge in [0.2, 0.25) is 5.91 Å². The summed E-state index contributed by atoms with van der Waals surface area (Å²) in [5.74, 6) is 0.275. The smallest absolute Gasteiger partial charge is 0.220 e. The number of nitrogens with zero attached hydrogens (tertiary/aromatic N) is 2. The van der Waals surface area contributed by atoms with Crippen LogP contribution in [0.4, 0.5) is 10.1 Å². The number of hydrogen-bond donors (Lipinski definition) is 1. The first kappa shape index (κ1) is 20.8. The van der Waals surface area contributed by atoms with Crippen molar-refractivity contribution in [3.8, 4) is 11.1 Å². The highest BCUT2D eigenvalue weighted by atomic mass is 19.1. The lowest BCUT2D eigenvalue weighted by Crippen LogP contribution is -2.45. The lowest BCUT2D eigenvalue weighted by molar-refractivity contribution is -0.121. The summed E-state index contributed by atoms with van der Waals surface area (Å²) >= 11 is 0. The number of hydrogen-bond acceptors (Lipinski definition) is 4. The molecule has 0 radical (unpaired) electrons. The Balaban J connectivity index is 1.66. The van der Waals surface area contributed by atoms with Crippen molar-refractivity contribution in [3.05, 3.63) is 47.5 Å². The van der Waals surface area contributed by atoms with Crippen molar-refractivity contribution in [2.75, 3.05) is 18.0 Å². The van der Waals surface area contributed by atoms with Crippen LogP contribution in [0.15, 0.2) is 30.5 Å². The maximum atomic E-state index is 15.4. The molecule has 160 valence electrons. The number of halogens is 1. The van der Waals surface area contributed by atoms with Gasteiger partial charge in [-0.25, -0.2) is 4.39 Å². The average Bonchev–Trinajstić information content (AvgIpc) is 3.49. The highest BCUT2D eigenvalue weighted by Gasteiger charge is 2.26. The molecule has 1 aromatic heterocycles. The number of aromatic nitrogens is 1. The lowest BCUT2D eigenvalue weighted by Gasteiger charge is -2.37. The summed E-state index contributed by atoms with van der Waals surface area (Å²) in [6, 6.07) is 7.31. The number of carbonyl (C=O) groups is 1. The Kier molecular flexibility index (Phi) is 6.04. The minimum atomic E-state index is -0.281. The number of amides is 1. The van der Waals surface area contributed by atoms with Crippen LogP contribution in [-0.2, 0) is 16.1 Å². The molecule has 1 aliphatic heterocycles. The predicted octanol–water partition coefficient (Wildman–Crippen LogP) is 4.23. The second-order valence-corrected chi connectivity index (χ2v) is 8.73. The first-order valence-corrected chi connectivity index (χ1v) is 10.8. The number of benzene rings is 1. The van der Waals surface area contributed by atoms with Gasteiger partial charge in [-0.2, -0.15) is 0 Å². The normalized spacial score (nSPS) is 21.5. The number of carbonyl (C=O) groups excluding carboxylic acids is 1. The third kappa shape index (κ3) is 4.98. The van der Waals surface area contributed by atoms with E-state index in [0.717, 1.165) is 35.3 Å². The zero-order valence-electron chi connectivity index (χ0n) is 18.0. The summed E-state index contributed by atoms with van der Waals surface area (Å²) in [6.07, 6.45) is 4.68. The van der Waals surface area contributed by atoms with E-state index in [1.807, 2.05) is 39.0 Å². The van der Waals surface area contributed by atoms with Gasteiger partial charge in [0.1, 0.15) is 5.82 Å². The number of ether oxygens (including phenoxy) is 1. The summed E-state index contributed by atoms with van der Waals surface area (Å²) in [6.45, 7) is 7.69. The molecule has 1 aromatic carbocycles. The summed E-state index contributed by atoms with van der Waals surface area (Å²) in [5.41, 5.74) is 3.75. The molecule has 2 fully saturated rings. The molecule has 1 aliphatic carbocycles. The molecule has 1 amide bonds. The van der Waals surface area contributed by atoms with E-state index in [4.69, 9.17) is 4.74 Å². The van der Waals surface area contributed by atoms with Crippen LogP contribution in [0.2, 0.25) is 0 Å². The van der Waals surface area contributed by atoms with E-state index in [9.17, 15) is 4.79 Å². The summed E-state index contributed by atoms with van der Waals surface area (Å²) in [4.78, 5) is 18.7. The van der Waals surface area contributed by atoms with Crippen molar-refractivity contribution in [1.82, 2.24) is 10.3 Å². The Bertz CT molecular complexity index is 919. The Labute approximate surface area is 177 Å². The van der Waals surface area contributed by atoms with Crippen molar-refractivity contribution in [3.63, 3.8) is 0 Å². The summed E-state index contributed by atoms with van der Waals surface area (Å²) < 4.78 is 21.3. The molecule has 1 saturated carbocycles. The van der Waals surface area contributed by atoms with Crippen LogP contribution >= 0.6 is 0 Å². The Morgan fingerprint density at radius 3 is 2.63 bits per heavy atom. The number of pyridine rings is 1. The summed E-state index contributed by atoms with van der Waals surface area (Å²) in [7, 11) is 0. The molecule has 1 saturated heterocycles. The molecule has 2 unspecified atom stereocenters. The van der Waals surface area contributed by atoms with Gasteiger partial charge < -0.3 is 15.0 Å². The molecule has 4 rings (SSSR count). The van der Waals surface area contributed by atoms with E-state index in [0.29, 0.717) is 37.5 Å². The fourth-order valence-electron chi connectivity index (χ4n) is 4.23. The minimum Gasteiger partial charge on any atom is -0.372 e. The second-order valence-electron chi connectivity index (χ2n) is 8.73. The van der Waals surface area contributed by atoms with Gasteiger partial charge in [0.15, 0.2) is 0 Å². The quantitative estimate of drug-likeness (QED) is 0.773. The maximum Gasteiger partial charge on any atom is 0.220 e. The Morgan fingerprint density at radius 1 is 1.23 bits per heavy atom. The molecule has 0 bridgehead atoms. The van der Waals surface area contributed by atoms with E-state index < -0.39 is 0 Å². The topological polar surface area (TPSA) is 54.5 Å². The van der Waals surface area contributed by atoms with Crippen LogP contribution in [0.3, 0.4) is 0 Å². The average molecular weight is 412 g/mol. The van der Waals surface area contributed by atoms with E-state index >= 15 is 4.39 Å². The third-order valence-electron chi connectivity index (χ3n) is 5.77. The zero-order valence-corrected chi connectivity index (χ0v) is 18.0. The summed E-state index contributed by atoms with van der Waals surface area (Å²) in [5, 5.41) is 3.01. The number of morpholine rings is 1. The molecular formula is C24H30FN3O2.